The molecule has 0 atom stereocenters. The summed E-state index contributed by atoms with van der Waals surface area (Å²) >= 11 is 1.07. The van der Waals surface area contributed by atoms with Gasteiger partial charge in [-0.05, 0) is 26.7 Å². The minimum absolute atomic E-state index is 0.142. The van der Waals surface area contributed by atoms with Crippen LogP contribution in [0.15, 0.2) is 6.20 Å². The molecule has 0 radical (unpaired) electrons. The molecule has 7 nitrogen and oxygen atoms in total. The third-order valence-corrected chi connectivity index (χ3v) is 4.67. The largest absolute Gasteiger partial charge is 0.338 e. The molecule has 3 amide bonds. The van der Waals surface area contributed by atoms with Crippen LogP contribution in [0.5, 0.6) is 0 Å². The van der Waals surface area contributed by atoms with Crippen molar-refractivity contribution in [1.82, 2.24) is 18.5 Å². The van der Waals surface area contributed by atoms with E-state index in [4.69, 9.17) is 0 Å². The predicted molar refractivity (Wildman–Crippen MR) is 79.0 cm³/mol. The van der Waals surface area contributed by atoms with Gasteiger partial charge in [-0.1, -0.05) is 0 Å². The van der Waals surface area contributed by atoms with Crippen LogP contribution in [0.4, 0.5) is 10.6 Å². The number of anilines is 1. The molecule has 0 aromatic carbocycles. The van der Waals surface area contributed by atoms with Crippen molar-refractivity contribution >= 4 is 29.5 Å². The van der Waals surface area contributed by atoms with E-state index >= 15 is 0 Å². The number of β-lactam (4-membered cyclic amide) rings is 1. The van der Waals surface area contributed by atoms with Gasteiger partial charge in [0.1, 0.15) is 0 Å². The molecular formula is C13H19N5O2S. The lowest BCUT2D eigenvalue weighted by Crippen LogP contribution is -2.63. The van der Waals surface area contributed by atoms with E-state index < -0.39 is 0 Å². The molecule has 8 heteroatoms. The molecule has 3 heterocycles. The molecule has 2 saturated heterocycles. The van der Waals surface area contributed by atoms with Crippen LogP contribution in [-0.2, 0) is 4.79 Å². The second kappa shape index (κ2) is 5.25. The van der Waals surface area contributed by atoms with Gasteiger partial charge < -0.3 is 9.80 Å². The zero-order chi connectivity index (χ0) is 15.0. The summed E-state index contributed by atoms with van der Waals surface area (Å²) in [7, 11) is 0. The molecule has 0 spiro atoms. The van der Waals surface area contributed by atoms with E-state index in [1.807, 2.05) is 18.7 Å². The summed E-state index contributed by atoms with van der Waals surface area (Å²) in [5.41, 5.74) is -0.202. The van der Waals surface area contributed by atoms with Gasteiger partial charge >= 0.3 is 6.03 Å². The molecule has 1 N–H and O–H groups in total. The van der Waals surface area contributed by atoms with Crippen LogP contribution >= 0.6 is 11.7 Å². The Kier molecular flexibility index (Phi) is 3.56. The summed E-state index contributed by atoms with van der Waals surface area (Å²) in [5, 5.41) is 2.73. The summed E-state index contributed by atoms with van der Waals surface area (Å²) in [6, 6.07) is 0.131. The van der Waals surface area contributed by atoms with Crippen molar-refractivity contribution in [2.24, 2.45) is 5.41 Å². The van der Waals surface area contributed by atoms with Crippen molar-refractivity contribution in [3.05, 3.63) is 6.20 Å². The molecule has 0 bridgehead atoms. The number of urea groups is 1. The highest BCUT2D eigenvalue weighted by atomic mass is 32.1. The fourth-order valence-corrected chi connectivity index (χ4v) is 3.32. The quantitative estimate of drug-likeness (QED) is 0.838. The second-order valence-electron chi connectivity index (χ2n) is 6.26. The molecule has 1 aromatic rings. The highest BCUT2D eigenvalue weighted by molar-refractivity contribution is 6.99. The van der Waals surface area contributed by atoms with Crippen molar-refractivity contribution in [3.63, 3.8) is 0 Å². The van der Waals surface area contributed by atoms with Gasteiger partial charge in [0.05, 0.1) is 23.3 Å². The van der Waals surface area contributed by atoms with Gasteiger partial charge in [0.15, 0.2) is 5.82 Å². The lowest BCUT2D eigenvalue weighted by molar-refractivity contribution is -0.162. The zero-order valence-electron chi connectivity index (χ0n) is 12.2. The zero-order valence-corrected chi connectivity index (χ0v) is 13.0. The lowest BCUT2D eigenvalue weighted by atomic mass is 9.80. The van der Waals surface area contributed by atoms with E-state index in [9.17, 15) is 9.59 Å². The summed E-state index contributed by atoms with van der Waals surface area (Å²) in [5.74, 6) is 0.728. The monoisotopic (exact) mass is 309 g/mol. The summed E-state index contributed by atoms with van der Waals surface area (Å²) < 4.78 is 7.81. The fourth-order valence-electron chi connectivity index (χ4n) is 2.95. The number of carbonyl (C=O) groups is 2. The minimum Gasteiger partial charge on any atom is -0.338 e. The van der Waals surface area contributed by atoms with Crippen LogP contribution in [0.1, 0.15) is 26.7 Å². The Labute approximate surface area is 127 Å². The Bertz CT molecular complexity index is 537. The number of hydrogen-bond acceptors (Lipinski definition) is 5. The number of nitrogens with zero attached hydrogens (tertiary/aromatic N) is 4. The molecule has 0 saturated carbocycles. The number of carbonyl (C=O) groups excluding carboxylic acids is 2. The SMILES string of the molecule is CC1(C)CN(C2CCN(C(=O)Nc3cnsn3)CC2)C1=O. The summed E-state index contributed by atoms with van der Waals surface area (Å²) in [6.45, 7) is 6.12. The Balaban J connectivity index is 1.49. The van der Waals surface area contributed by atoms with E-state index in [1.165, 1.54) is 6.20 Å². The highest BCUT2D eigenvalue weighted by Gasteiger charge is 2.47. The maximum atomic E-state index is 12.1. The molecule has 2 aliphatic heterocycles. The van der Waals surface area contributed by atoms with Crippen LogP contribution in [0.2, 0.25) is 0 Å². The van der Waals surface area contributed by atoms with Crippen molar-refractivity contribution in [2.75, 3.05) is 25.0 Å². The van der Waals surface area contributed by atoms with Crippen molar-refractivity contribution in [1.29, 1.82) is 0 Å². The summed E-state index contributed by atoms with van der Waals surface area (Å²) in [6.07, 6.45) is 3.21. The number of aromatic nitrogens is 2. The van der Waals surface area contributed by atoms with Crippen LogP contribution in [0, 0.1) is 5.41 Å². The molecular weight excluding hydrogens is 290 g/mol. The third-order valence-electron chi connectivity index (χ3n) is 4.19. The van der Waals surface area contributed by atoms with E-state index in [1.54, 1.807) is 4.90 Å². The van der Waals surface area contributed by atoms with Gasteiger partial charge in [0.25, 0.3) is 0 Å². The number of piperidine rings is 1. The average molecular weight is 309 g/mol. The van der Waals surface area contributed by atoms with Crippen LogP contribution in [0.25, 0.3) is 0 Å². The summed E-state index contributed by atoms with van der Waals surface area (Å²) in [4.78, 5) is 27.8. The van der Waals surface area contributed by atoms with Gasteiger partial charge in [-0.3, -0.25) is 10.1 Å². The maximum Gasteiger partial charge on any atom is 0.323 e. The fraction of sp³-hybridized carbons (Fsp3) is 0.692. The number of hydrogen-bond donors (Lipinski definition) is 1. The normalized spacial score (nSPS) is 22.1. The molecule has 1 aromatic heterocycles. The molecule has 2 fully saturated rings. The number of nitrogens with one attached hydrogen (secondary N) is 1. The van der Waals surface area contributed by atoms with Crippen LogP contribution < -0.4 is 5.32 Å². The van der Waals surface area contributed by atoms with Gasteiger partial charge in [0, 0.05) is 25.7 Å². The number of likely N-dealkylation sites (tertiary alicyclic amines) is 2. The van der Waals surface area contributed by atoms with Crippen LogP contribution in [0.3, 0.4) is 0 Å². The molecule has 21 heavy (non-hydrogen) atoms. The highest BCUT2D eigenvalue weighted by Crippen LogP contribution is 2.35. The van der Waals surface area contributed by atoms with E-state index in [-0.39, 0.29) is 23.4 Å². The van der Waals surface area contributed by atoms with Gasteiger partial charge in [-0.2, -0.15) is 8.75 Å². The predicted octanol–water partition coefficient (Wildman–Crippen LogP) is 1.40. The first-order valence-electron chi connectivity index (χ1n) is 7.12. The Morgan fingerprint density at radius 1 is 1.43 bits per heavy atom. The van der Waals surface area contributed by atoms with E-state index in [0.717, 1.165) is 31.1 Å². The molecule has 0 unspecified atom stereocenters. The molecule has 0 aliphatic carbocycles. The van der Waals surface area contributed by atoms with Gasteiger partial charge in [0.2, 0.25) is 5.91 Å². The minimum atomic E-state index is -0.202. The van der Waals surface area contributed by atoms with Crippen molar-refractivity contribution in [3.8, 4) is 0 Å². The average Bonchev–Trinajstić information content (AvgIpc) is 2.97. The first-order chi connectivity index (χ1) is 9.97. The van der Waals surface area contributed by atoms with Crippen molar-refractivity contribution < 1.29 is 9.59 Å². The van der Waals surface area contributed by atoms with Crippen LogP contribution in [-0.4, -0.2) is 56.2 Å². The number of amides is 3. The van der Waals surface area contributed by atoms with Crippen molar-refractivity contribution in [2.45, 2.75) is 32.7 Å². The Morgan fingerprint density at radius 3 is 2.67 bits per heavy atom. The molecule has 3 rings (SSSR count). The smallest absolute Gasteiger partial charge is 0.323 e. The standard InChI is InChI=1S/C13H19N5O2S/c1-13(2)8-18(11(13)19)9-3-5-17(6-4-9)12(20)15-10-7-14-21-16-10/h7,9H,3-6,8H2,1-2H3,(H,15,16,20). The molecule has 114 valence electrons. The second-order valence-corrected chi connectivity index (χ2v) is 6.81. The first-order valence-corrected chi connectivity index (χ1v) is 7.85. The maximum absolute atomic E-state index is 12.1. The number of rotatable bonds is 2. The van der Waals surface area contributed by atoms with Gasteiger partial charge in [-0.15, -0.1) is 0 Å². The first kappa shape index (κ1) is 14.2. The Morgan fingerprint density at radius 2 is 2.14 bits per heavy atom. The van der Waals surface area contributed by atoms with E-state index in [0.29, 0.717) is 18.9 Å². The van der Waals surface area contributed by atoms with E-state index in [2.05, 4.69) is 14.1 Å². The Hall–Kier alpha value is -1.70. The topological polar surface area (TPSA) is 78.4 Å². The third kappa shape index (κ3) is 2.72. The molecule has 2 aliphatic rings. The lowest BCUT2D eigenvalue weighted by Gasteiger charge is -2.50. The van der Waals surface area contributed by atoms with Gasteiger partial charge in [-0.25, -0.2) is 4.79 Å².